The van der Waals surface area contributed by atoms with Crippen molar-refractivity contribution in [2.45, 2.75) is 32.2 Å². The van der Waals surface area contributed by atoms with Crippen LogP contribution < -0.4 is 0 Å². The van der Waals surface area contributed by atoms with Crippen LogP contribution in [0.1, 0.15) is 26.2 Å². The molecule has 0 N–H and O–H groups in total. The van der Waals surface area contributed by atoms with E-state index in [0.717, 1.165) is 19.5 Å². The summed E-state index contributed by atoms with van der Waals surface area (Å²) in [6, 6.07) is 0.601. The van der Waals surface area contributed by atoms with E-state index < -0.39 is 0 Å². The van der Waals surface area contributed by atoms with Crippen LogP contribution in [-0.4, -0.2) is 41.8 Å². The minimum Gasteiger partial charge on any atom is -0.449 e. The smallest absolute Gasteiger partial charge is 0.424 e. The first-order valence-corrected chi connectivity index (χ1v) is 5.03. The van der Waals surface area contributed by atoms with Crippen molar-refractivity contribution in [3.05, 3.63) is 0 Å². The van der Waals surface area contributed by atoms with E-state index in [1.54, 1.807) is 5.01 Å². The number of rotatable bonds is 1. The number of hydrazine groups is 1. The molecule has 13 heavy (non-hydrogen) atoms. The second kappa shape index (κ2) is 3.54. The maximum Gasteiger partial charge on any atom is 0.424 e. The van der Waals surface area contributed by atoms with Crippen LogP contribution in [0.2, 0.25) is 0 Å². The zero-order chi connectivity index (χ0) is 9.26. The number of carbonyl (C=O) groups excluding carboxylic acids is 1. The number of nitrogens with zero attached hydrogens (tertiary/aromatic N) is 2. The Morgan fingerprint density at radius 1 is 1.46 bits per heavy atom. The van der Waals surface area contributed by atoms with Gasteiger partial charge < -0.3 is 4.74 Å². The number of hydrogen-bond acceptors (Lipinski definition) is 3. The molecule has 2 aliphatic rings. The van der Waals surface area contributed by atoms with Crippen LogP contribution >= 0.6 is 0 Å². The molecule has 2 rings (SSSR count). The van der Waals surface area contributed by atoms with Gasteiger partial charge in [0.05, 0.1) is 6.61 Å². The molecule has 0 spiro atoms. The lowest BCUT2D eigenvalue weighted by Crippen LogP contribution is -2.42. The van der Waals surface area contributed by atoms with Gasteiger partial charge in [0.25, 0.3) is 0 Å². The van der Waals surface area contributed by atoms with Crippen LogP contribution in [-0.2, 0) is 4.74 Å². The van der Waals surface area contributed by atoms with Crippen molar-refractivity contribution in [3.8, 4) is 0 Å². The van der Waals surface area contributed by atoms with Gasteiger partial charge in [0.15, 0.2) is 0 Å². The fraction of sp³-hybridized carbons (Fsp3) is 0.889. The van der Waals surface area contributed by atoms with Gasteiger partial charge in [0.2, 0.25) is 0 Å². The highest BCUT2D eigenvalue weighted by atomic mass is 16.6. The molecule has 0 aromatic rings. The molecule has 1 unspecified atom stereocenters. The second-order valence-corrected chi connectivity index (χ2v) is 3.57. The summed E-state index contributed by atoms with van der Waals surface area (Å²) in [7, 11) is 0. The van der Waals surface area contributed by atoms with E-state index in [-0.39, 0.29) is 6.09 Å². The monoisotopic (exact) mass is 184 g/mol. The molecule has 74 valence electrons. The summed E-state index contributed by atoms with van der Waals surface area (Å²) >= 11 is 0. The fourth-order valence-electron chi connectivity index (χ4n) is 2.23. The molecular weight excluding hydrogens is 168 g/mol. The van der Waals surface area contributed by atoms with Crippen LogP contribution in [0.5, 0.6) is 0 Å². The van der Waals surface area contributed by atoms with E-state index in [9.17, 15) is 4.79 Å². The van der Waals surface area contributed by atoms with Gasteiger partial charge in [0, 0.05) is 19.1 Å². The van der Waals surface area contributed by atoms with Crippen molar-refractivity contribution >= 4 is 6.09 Å². The number of carbonyl (C=O) groups is 1. The highest BCUT2D eigenvalue weighted by molar-refractivity contribution is 5.67. The molecule has 0 saturated carbocycles. The Kier molecular flexibility index (Phi) is 2.40. The summed E-state index contributed by atoms with van der Waals surface area (Å²) in [6.45, 7) is 4.16. The van der Waals surface area contributed by atoms with Gasteiger partial charge in [-0.2, -0.15) is 0 Å². The minimum absolute atomic E-state index is 0.174. The Bertz CT molecular complexity index is 208. The summed E-state index contributed by atoms with van der Waals surface area (Å²) in [5, 5.41) is 3.93. The standard InChI is InChI=1S/C9H16N2O2/c1-2-13-9(12)11-7-5-8-4-3-6-10(8)11/h8H,2-7H2,1H3. The maximum absolute atomic E-state index is 11.4. The Morgan fingerprint density at radius 2 is 2.31 bits per heavy atom. The fourth-order valence-corrected chi connectivity index (χ4v) is 2.23. The Hall–Kier alpha value is -0.770. The van der Waals surface area contributed by atoms with Crippen molar-refractivity contribution < 1.29 is 9.53 Å². The molecule has 1 atom stereocenters. The molecular formula is C9H16N2O2. The lowest BCUT2D eigenvalue weighted by molar-refractivity contribution is 0.0126. The van der Waals surface area contributed by atoms with E-state index in [4.69, 9.17) is 4.74 Å². The van der Waals surface area contributed by atoms with Gasteiger partial charge in [-0.15, -0.1) is 0 Å². The average molecular weight is 184 g/mol. The molecule has 0 radical (unpaired) electrons. The molecule has 0 aliphatic carbocycles. The van der Waals surface area contributed by atoms with Crippen LogP contribution in [0.3, 0.4) is 0 Å². The van der Waals surface area contributed by atoms with Crippen LogP contribution in [0.15, 0.2) is 0 Å². The van der Waals surface area contributed by atoms with Crippen LogP contribution in [0, 0.1) is 0 Å². The predicted molar refractivity (Wildman–Crippen MR) is 48.1 cm³/mol. The molecule has 4 nitrogen and oxygen atoms in total. The topological polar surface area (TPSA) is 32.8 Å². The van der Waals surface area contributed by atoms with Crippen molar-refractivity contribution in [2.75, 3.05) is 19.7 Å². The van der Waals surface area contributed by atoms with E-state index in [1.165, 1.54) is 12.8 Å². The summed E-state index contributed by atoms with van der Waals surface area (Å²) in [6.07, 6.45) is 3.38. The van der Waals surface area contributed by atoms with E-state index >= 15 is 0 Å². The summed E-state index contributed by atoms with van der Waals surface area (Å²) in [5.41, 5.74) is 0. The third kappa shape index (κ3) is 1.50. The largest absolute Gasteiger partial charge is 0.449 e. The van der Waals surface area contributed by atoms with Crippen molar-refractivity contribution in [1.82, 2.24) is 10.0 Å². The SMILES string of the molecule is CCOC(=O)N1CCC2CCCN21. The number of ether oxygens (including phenoxy) is 1. The zero-order valence-electron chi connectivity index (χ0n) is 8.03. The molecule has 0 aromatic carbocycles. The molecule has 0 aromatic heterocycles. The third-order valence-corrected chi connectivity index (χ3v) is 2.81. The van der Waals surface area contributed by atoms with Gasteiger partial charge in [0.1, 0.15) is 0 Å². The average Bonchev–Trinajstić information content (AvgIpc) is 2.62. The highest BCUT2D eigenvalue weighted by Crippen LogP contribution is 2.28. The Balaban J connectivity index is 1.96. The van der Waals surface area contributed by atoms with Gasteiger partial charge in [-0.25, -0.2) is 14.8 Å². The van der Waals surface area contributed by atoms with Crippen LogP contribution in [0.25, 0.3) is 0 Å². The summed E-state index contributed by atoms with van der Waals surface area (Å²) < 4.78 is 4.98. The summed E-state index contributed by atoms with van der Waals surface area (Å²) in [4.78, 5) is 11.4. The molecule has 2 heterocycles. The second-order valence-electron chi connectivity index (χ2n) is 3.57. The van der Waals surface area contributed by atoms with Crippen molar-refractivity contribution in [3.63, 3.8) is 0 Å². The Labute approximate surface area is 78.4 Å². The molecule has 0 bridgehead atoms. The molecule has 2 aliphatic heterocycles. The summed E-state index contributed by atoms with van der Waals surface area (Å²) in [5.74, 6) is 0. The first kappa shape index (κ1) is 8.81. The minimum atomic E-state index is -0.174. The van der Waals surface area contributed by atoms with Gasteiger partial charge in [-0.05, 0) is 26.2 Å². The zero-order valence-corrected chi connectivity index (χ0v) is 8.03. The lowest BCUT2D eigenvalue weighted by atomic mass is 10.2. The van der Waals surface area contributed by atoms with Gasteiger partial charge in [-0.1, -0.05) is 0 Å². The molecule has 4 heteroatoms. The van der Waals surface area contributed by atoms with Crippen LogP contribution in [0.4, 0.5) is 4.79 Å². The van der Waals surface area contributed by atoms with Crippen molar-refractivity contribution in [2.24, 2.45) is 0 Å². The predicted octanol–water partition coefficient (Wildman–Crippen LogP) is 1.23. The van der Waals surface area contributed by atoms with E-state index in [0.29, 0.717) is 12.6 Å². The van der Waals surface area contributed by atoms with Gasteiger partial charge >= 0.3 is 6.09 Å². The first-order valence-electron chi connectivity index (χ1n) is 5.03. The first-order chi connectivity index (χ1) is 6.33. The lowest BCUT2D eigenvalue weighted by Gasteiger charge is -2.25. The van der Waals surface area contributed by atoms with Gasteiger partial charge in [-0.3, -0.25) is 0 Å². The Morgan fingerprint density at radius 3 is 3.08 bits per heavy atom. The molecule has 2 fully saturated rings. The number of fused-ring (bicyclic) bond motifs is 1. The normalized spacial score (nSPS) is 27.8. The number of hydrogen-bond donors (Lipinski definition) is 0. The maximum atomic E-state index is 11.4. The number of amides is 1. The van der Waals surface area contributed by atoms with Crippen molar-refractivity contribution in [1.29, 1.82) is 0 Å². The van der Waals surface area contributed by atoms with E-state index in [2.05, 4.69) is 5.01 Å². The third-order valence-electron chi connectivity index (χ3n) is 2.81. The quantitative estimate of drug-likeness (QED) is 0.614. The molecule has 1 amide bonds. The van der Waals surface area contributed by atoms with E-state index in [1.807, 2.05) is 6.92 Å². The highest BCUT2D eigenvalue weighted by Gasteiger charge is 2.38. The molecule has 2 saturated heterocycles.